The van der Waals surface area contributed by atoms with Crippen molar-refractivity contribution in [2.45, 2.75) is 62.9 Å². The molecule has 1 saturated carbocycles. The molecule has 3 fully saturated rings. The van der Waals surface area contributed by atoms with Crippen LogP contribution in [0, 0.1) is 17.7 Å². The molecule has 3 heterocycles. The van der Waals surface area contributed by atoms with Gasteiger partial charge in [0.25, 0.3) is 0 Å². The first kappa shape index (κ1) is 29.9. The largest absolute Gasteiger partial charge is 0.493 e. The molecular weight excluding hydrogens is 553 g/mol. The summed E-state index contributed by atoms with van der Waals surface area (Å²) in [6.45, 7) is 4.01. The Bertz CT molecular complexity index is 1160. The molecule has 0 spiro atoms. The zero-order valence-corrected chi connectivity index (χ0v) is 23.8. The maximum atomic E-state index is 14.7. The molecule has 1 aromatic carbocycles. The van der Waals surface area contributed by atoms with Crippen LogP contribution in [0.1, 0.15) is 37.7 Å². The zero-order chi connectivity index (χ0) is 28.9. The number of hydrogen-bond acceptors (Lipinski definition) is 9. The molecule has 1 aromatic heterocycles. The first-order valence-electron chi connectivity index (χ1n) is 14.5. The van der Waals surface area contributed by atoms with Crippen molar-refractivity contribution in [1.82, 2.24) is 20.2 Å². The SMILES string of the molecule is O=C(Cc1ccc(OCCCC2CCN(c3ncc(Cl)cn3)CC2)cc1F)N1CC(CN[C@@H]2C[C@H](O)[C@@H](O)[C@H]2O)C1. The summed E-state index contributed by atoms with van der Waals surface area (Å²) >= 11 is 5.87. The summed E-state index contributed by atoms with van der Waals surface area (Å²) in [6.07, 6.45) is 4.51. The molecule has 224 valence electrons. The van der Waals surface area contributed by atoms with Crippen molar-refractivity contribution in [1.29, 1.82) is 0 Å². The Hall–Kier alpha value is -2.57. The van der Waals surface area contributed by atoms with Gasteiger partial charge in [-0.2, -0.15) is 0 Å². The smallest absolute Gasteiger partial charge is 0.227 e. The summed E-state index contributed by atoms with van der Waals surface area (Å²) in [4.78, 5) is 25.1. The lowest BCUT2D eigenvalue weighted by molar-refractivity contribution is -0.136. The summed E-state index contributed by atoms with van der Waals surface area (Å²) < 4.78 is 20.5. The first-order valence-corrected chi connectivity index (χ1v) is 14.8. The molecule has 1 aliphatic carbocycles. The van der Waals surface area contributed by atoms with Gasteiger partial charge in [0.15, 0.2) is 0 Å². The zero-order valence-electron chi connectivity index (χ0n) is 23.0. The normalized spacial score (nSPS) is 25.4. The van der Waals surface area contributed by atoms with E-state index in [0.29, 0.717) is 48.5 Å². The van der Waals surface area contributed by atoms with Gasteiger partial charge < -0.3 is 35.2 Å². The van der Waals surface area contributed by atoms with Gasteiger partial charge in [0, 0.05) is 50.7 Å². The highest BCUT2D eigenvalue weighted by Gasteiger charge is 2.41. The van der Waals surface area contributed by atoms with Crippen LogP contribution in [0.3, 0.4) is 0 Å². The average molecular weight is 592 g/mol. The number of halogens is 2. The number of piperidine rings is 1. The van der Waals surface area contributed by atoms with Crippen molar-refractivity contribution < 1.29 is 29.2 Å². The van der Waals surface area contributed by atoms with E-state index in [1.54, 1.807) is 29.4 Å². The van der Waals surface area contributed by atoms with E-state index in [1.807, 2.05) is 0 Å². The summed E-state index contributed by atoms with van der Waals surface area (Å²) in [5.41, 5.74) is 0.345. The van der Waals surface area contributed by atoms with Gasteiger partial charge in [-0.25, -0.2) is 14.4 Å². The Balaban J connectivity index is 0.961. The van der Waals surface area contributed by atoms with Gasteiger partial charge in [-0.1, -0.05) is 17.7 Å². The predicted molar refractivity (Wildman–Crippen MR) is 151 cm³/mol. The molecule has 2 saturated heterocycles. The Morgan fingerprint density at radius 2 is 1.83 bits per heavy atom. The number of aliphatic hydroxyl groups excluding tert-OH is 3. The van der Waals surface area contributed by atoms with Crippen LogP contribution in [-0.4, -0.2) is 99.8 Å². The number of rotatable bonds is 11. The molecule has 4 atom stereocenters. The number of nitrogens with zero attached hydrogens (tertiary/aromatic N) is 4. The van der Waals surface area contributed by atoms with Gasteiger partial charge >= 0.3 is 0 Å². The van der Waals surface area contributed by atoms with E-state index in [9.17, 15) is 24.5 Å². The highest BCUT2D eigenvalue weighted by Crippen LogP contribution is 2.26. The van der Waals surface area contributed by atoms with Crippen molar-refractivity contribution in [3.05, 3.63) is 47.0 Å². The number of aromatic nitrogens is 2. The number of ether oxygens (including phenoxy) is 1. The predicted octanol–water partition coefficient (Wildman–Crippen LogP) is 1.79. The minimum atomic E-state index is -1.13. The number of amides is 1. The van der Waals surface area contributed by atoms with Crippen molar-refractivity contribution >= 4 is 23.5 Å². The third kappa shape index (κ3) is 7.64. The van der Waals surface area contributed by atoms with E-state index >= 15 is 0 Å². The van der Waals surface area contributed by atoms with Crippen LogP contribution < -0.4 is 15.0 Å². The Kier molecular flexibility index (Phi) is 9.92. The number of carbonyl (C=O) groups excluding carboxylic acids is 1. The van der Waals surface area contributed by atoms with Gasteiger partial charge in [0.05, 0.1) is 42.7 Å². The van der Waals surface area contributed by atoms with Gasteiger partial charge in [-0.15, -0.1) is 0 Å². The van der Waals surface area contributed by atoms with Crippen LogP contribution in [0.5, 0.6) is 5.75 Å². The fourth-order valence-corrected chi connectivity index (χ4v) is 6.02. The number of benzene rings is 1. The van der Waals surface area contributed by atoms with E-state index in [1.165, 1.54) is 6.07 Å². The molecule has 2 aromatic rings. The van der Waals surface area contributed by atoms with Crippen LogP contribution in [0.4, 0.5) is 10.3 Å². The number of carbonyl (C=O) groups is 1. The monoisotopic (exact) mass is 591 g/mol. The number of anilines is 1. The van der Waals surface area contributed by atoms with E-state index in [-0.39, 0.29) is 30.7 Å². The molecule has 2 aliphatic heterocycles. The molecule has 41 heavy (non-hydrogen) atoms. The van der Waals surface area contributed by atoms with Gasteiger partial charge in [-0.05, 0) is 49.7 Å². The van der Waals surface area contributed by atoms with E-state index < -0.39 is 24.1 Å². The molecule has 10 nitrogen and oxygen atoms in total. The van der Waals surface area contributed by atoms with Crippen LogP contribution in [0.15, 0.2) is 30.6 Å². The highest BCUT2D eigenvalue weighted by atomic mass is 35.5. The molecule has 12 heteroatoms. The molecule has 3 aliphatic rings. The van der Waals surface area contributed by atoms with Crippen LogP contribution in [0.25, 0.3) is 0 Å². The molecule has 0 unspecified atom stereocenters. The Morgan fingerprint density at radius 1 is 1.10 bits per heavy atom. The second kappa shape index (κ2) is 13.6. The van der Waals surface area contributed by atoms with E-state index in [0.717, 1.165) is 44.7 Å². The summed E-state index contributed by atoms with van der Waals surface area (Å²) in [7, 11) is 0. The molecule has 4 N–H and O–H groups in total. The Morgan fingerprint density at radius 3 is 2.49 bits per heavy atom. The van der Waals surface area contributed by atoms with Crippen molar-refractivity contribution in [3.8, 4) is 5.75 Å². The lowest BCUT2D eigenvalue weighted by atomic mass is 9.92. The lowest BCUT2D eigenvalue weighted by Gasteiger charge is -2.40. The second-order valence-electron chi connectivity index (χ2n) is 11.5. The van der Waals surface area contributed by atoms with Crippen LogP contribution in [-0.2, 0) is 11.2 Å². The molecule has 0 radical (unpaired) electrons. The third-order valence-corrected chi connectivity index (χ3v) is 8.72. The number of hydrogen-bond donors (Lipinski definition) is 4. The van der Waals surface area contributed by atoms with Crippen molar-refractivity contribution in [3.63, 3.8) is 0 Å². The number of likely N-dealkylation sites (tertiary alicyclic amines) is 1. The van der Waals surface area contributed by atoms with Gasteiger partial charge in [-0.3, -0.25) is 4.79 Å². The maximum absolute atomic E-state index is 14.7. The Labute approximate surface area is 244 Å². The van der Waals surface area contributed by atoms with Gasteiger partial charge in [0.2, 0.25) is 11.9 Å². The molecule has 1 amide bonds. The summed E-state index contributed by atoms with van der Waals surface area (Å²) in [5, 5.41) is 33.0. The topological polar surface area (TPSA) is 131 Å². The van der Waals surface area contributed by atoms with Crippen LogP contribution >= 0.6 is 11.6 Å². The lowest BCUT2D eigenvalue weighted by Crippen LogP contribution is -2.55. The second-order valence-corrected chi connectivity index (χ2v) is 12.0. The van der Waals surface area contributed by atoms with Crippen molar-refractivity contribution in [2.24, 2.45) is 11.8 Å². The summed E-state index contributed by atoms with van der Waals surface area (Å²) in [5.74, 6) is 1.43. The quantitative estimate of drug-likeness (QED) is 0.289. The minimum Gasteiger partial charge on any atom is -0.493 e. The maximum Gasteiger partial charge on any atom is 0.227 e. The molecular formula is C29H39ClFN5O5. The van der Waals surface area contributed by atoms with E-state index in [4.69, 9.17) is 16.3 Å². The average Bonchev–Trinajstić information content (AvgIpc) is 3.19. The fraction of sp³-hybridized carbons (Fsp3) is 0.621. The standard InChI is InChI=1S/C29H39ClFN5O5/c30-21-14-33-29(34-15-21)35-7-5-18(6-8-35)2-1-9-41-22-4-3-20(23(31)11-22)10-26(38)36-16-19(17-36)13-32-24-12-25(37)28(40)27(24)39/h3-4,11,14-15,18-19,24-25,27-28,32,37,39-40H,1-2,5-10,12-13,16-17H2/t24-,25+,27+,28-/m1/s1. The minimum absolute atomic E-state index is 0.00819. The van der Waals surface area contributed by atoms with Crippen molar-refractivity contribution in [2.75, 3.05) is 44.2 Å². The molecule has 5 rings (SSSR count). The van der Waals surface area contributed by atoms with Crippen LogP contribution in [0.2, 0.25) is 5.02 Å². The van der Waals surface area contributed by atoms with Gasteiger partial charge in [0.1, 0.15) is 17.7 Å². The fourth-order valence-electron chi connectivity index (χ4n) is 5.92. The number of nitrogens with one attached hydrogen (secondary N) is 1. The summed E-state index contributed by atoms with van der Waals surface area (Å²) in [6, 6.07) is 4.32. The number of aliphatic hydroxyl groups is 3. The highest BCUT2D eigenvalue weighted by molar-refractivity contribution is 6.30. The molecule has 0 bridgehead atoms. The third-order valence-electron chi connectivity index (χ3n) is 8.53. The first-order chi connectivity index (χ1) is 19.8. The van der Waals surface area contributed by atoms with E-state index in [2.05, 4.69) is 20.2 Å².